The van der Waals surface area contributed by atoms with Gasteiger partial charge in [-0.1, -0.05) is 12.8 Å². The summed E-state index contributed by atoms with van der Waals surface area (Å²) >= 11 is 0. The molecule has 0 bridgehead atoms. The fourth-order valence-electron chi connectivity index (χ4n) is 4.23. The second kappa shape index (κ2) is 8.09. The summed E-state index contributed by atoms with van der Waals surface area (Å²) in [5, 5.41) is 1.39. The first-order valence-corrected chi connectivity index (χ1v) is 12.2. The van der Waals surface area contributed by atoms with Crippen molar-refractivity contribution in [3.63, 3.8) is 0 Å². The highest BCUT2D eigenvalue weighted by Crippen LogP contribution is 2.32. The number of hydrogen-bond donors (Lipinski definition) is 2. The molecule has 3 N–H and O–H groups in total. The SMILES string of the molecule is CC(C)S(=O)(=O)c1ccc(N2CCCCCC2)cc1-n1c(N)c2c(cc1=O)C(=O)NC2=O. The number of anilines is 2. The van der Waals surface area contributed by atoms with Gasteiger partial charge < -0.3 is 10.6 Å². The smallest absolute Gasteiger partial charge is 0.262 e. The maximum atomic E-state index is 13.1. The van der Waals surface area contributed by atoms with Crippen LogP contribution in [0.2, 0.25) is 0 Å². The highest BCUT2D eigenvalue weighted by atomic mass is 32.2. The third kappa shape index (κ3) is 3.58. The number of benzene rings is 1. The van der Waals surface area contributed by atoms with Crippen LogP contribution in [-0.2, 0) is 9.84 Å². The van der Waals surface area contributed by atoms with Gasteiger partial charge in [-0.2, -0.15) is 0 Å². The zero-order valence-electron chi connectivity index (χ0n) is 18.1. The molecule has 1 aromatic carbocycles. The van der Waals surface area contributed by atoms with E-state index in [2.05, 4.69) is 10.2 Å². The molecule has 3 heterocycles. The predicted octanol–water partition coefficient (Wildman–Crippen LogP) is 1.87. The largest absolute Gasteiger partial charge is 0.384 e. The Bertz CT molecular complexity index is 1270. The first kappa shape index (κ1) is 22.1. The molecule has 1 saturated heterocycles. The summed E-state index contributed by atoms with van der Waals surface area (Å²) in [5.41, 5.74) is 6.15. The van der Waals surface area contributed by atoms with E-state index in [0.717, 1.165) is 55.1 Å². The van der Waals surface area contributed by atoms with Gasteiger partial charge >= 0.3 is 0 Å². The lowest BCUT2D eigenvalue weighted by Crippen LogP contribution is -2.28. The zero-order chi connectivity index (χ0) is 23.2. The molecular formula is C22H26N4O5S. The highest BCUT2D eigenvalue weighted by Gasteiger charge is 2.33. The average Bonchev–Trinajstić information content (AvgIpc) is 2.91. The standard InChI is InChI=1S/C22H26N4O5S/c1-13(2)32(30,31)17-8-7-14(25-9-5-3-4-6-10-25)11-16(17)26-18(27)12-15-19(20(26)23)22(29)24-21(15)28/h7-8,11-13H,3-6,9-10,23H2,1-2H3,(H,24,28,29). The summed E-state index contributed by atoms with van der Waals surface area (Å²) in [6.07, 6.45) is 4.29. The normalized spacial score (nSPS) is 16.8. The van der Waals surface area contributed by atoms with Gasteiger partial charge in [0.1, 0.15) is 5.82 Å². The summed E-state index contributed by atoms with van der Waals surface area (Å²) in [7, 11) is -3.78. The summed E-state index contributed by atoms with van der Waals surface area (Å²) in [6.45, 7) is 4.76. The summed E-state index contributed by atoms with van der Waals surface area (Å²) in [6, 6.07) is 5.90. The Kier molecular flexibility index (Phi) is 5.58. The molecule has 9 nitrogen and oxygen atoms in total. The van der Waals surface area contributed by atoms with E-state index in [1.54, 1.807) is 26.0 Å². The van der Waals surface area contributed by atoms with Crippen LogP contribution in [0.5, 0.6) is 0 Å². The van der Waals surface area contributed by atoms with Gasteiger partial charge in [0.15, 0.2) is 9.84 Å². The zero-order valence-corrected chi connectivity index (χ0v) is 18.9. The molecule has 0 saturated carbocycles. The van der Waals surface area contributed by atoms with Crippen molar-refractivity contribution in [3.8, 4) is 5.69 Å². The molecule has 0 spiro atoms. The maximum absolute atomic E-state index is 13.1. The molecule has 2 aliphatic rings. The molecule has 0 aliphatic carbocycles. The monoisotopic (exact) mass is 458 g/mol. The summed E-state index contributed by atoms with van der Waals surface area (Å²) < 4.78 is 27.3. The van der Waals surface area contributed by atoms with E-state index in [0.29, 0.717) is 0 Å². The van der Waals surface area contributed by atoms with Crippen molar-refractivity contribution in [2.75, 3.05) is 23.7 Å². The van der Waals surface area contributed by atoms with Crippen molar-refractivity contribution in [3.05, 3.63) is 45.7 Å². The lowest BCUT2D eigenvalue weighted by molar-refractivity contribution is 0.0880. The molecule has 170 valence electrons. The molecule has 0 atom stereocenters. The summed E-state index contributed by atoms with van der Waals surface area (Å²) in [5.74, 6) is -1.67. The molecular weight excluding hydrogens is 432 g/mol. The Morgan fingerprint density at radius 2 is 1.62 bits per heavy atom. The molecule has 0 radical (unpaired) electrons. The van der Waals surface area contributed by atoms with Crippen molar-refractivity contribution < 1.29 is 18.0 Å². The van der Waals surface area contributed by atoms with E-state index in [4.69, 9.17) is 5.73 Å². The number of nitrogens with two attached hydrogens (primary N) is 1. The van der Waals surface area contributed by atoms with E-state index in [-0.39, 0.29) is 27.5 Å². The molecule has 2 aliphatic heterocycles. The van der Waals surface area contributed by atoms with Crippen molar-refractivity contribution in [2.24, 2.45) is 0 Å². The molecule has 10 heteroatoms. The Labute approximate surface area is 186 Å². The molecule has 1 aromatic heterocycles. The Morgan fingerprint density at radius 1 is 0.969 bits per heavy atom. The van der Waals surface area contributed by atoms with Gasteiger partial charge in [0.05, 0.1) is 27.0 Å². The van der Waals surface area contributed by atoms with Crippen LogP contribution in [0.25, 0.3) is 5.69 Å². The van der Waals surface area contributed by atoms with Crippen LogP contribution in [0.1, 0.15) is 60.2 Å². The number of fused-ring (bicyclic) bond motifs is 1. The van der Waals surface area contributed by atoms with E-state index in [1.165, 1.54) is 6.07 Å². The fourth-order valence-corrected chi connectivity index (χ4v) is 5.44. The van der Waals surface area contributed by atoms with Crippen LogP contribution in [0.4, 0.5) is 11.5 Å². The minimum Gasteiger partial charge on any atom is -0.384 e. The number of imide groups is 1. The molecule has 32 heavy (non-hydrogen) atoms. The Hall–Kier alpha value is -3.14. The van der Waals surface area contributed by atoms with Crippen molar-refractivity contribution in [2.45, 2.75) is 49.7 Å². The third-order valence-electron chi connectivity index (χ3n) is 6.04. The summed E-state index contributed by atoms with van der Waals surface area (Å²) in [4.78, 5) is 39.4. The number of nitrogens with one attached hydrogen (secondary N) is 1. The lowest BCUT2D eigenvalue weighted by atomic mass is 10.1. The number of sulfone groups is 1. The minimum atomic E-state index is -3.78. The highest BCUT2D eigenvalue weighted by molar-refractivity contribution is 7.92. The van der Waals surface area contributed by atoms with Crippen LogP contribution in [0.3, 0.4) is 0 Å². The number of carbonyl (C=O) groups excluding carboxylic acids is 2. The topological polar surface area (TPSA) is 132 Å². The van der Waals surface area contributed by atoms with Gasteiger partial charge in [0.25, 0.3) is 17.4 Å². The molecule has 2 aromatic rings. The molecule has 4 rings (SSSR count). The van der Waals surface area contributed by atoms with Gasteiger partial charge in [-0.3, -0.25) is 24.3 Å². The minimum absolute atomic E-state index is 0.0513. The quantitative estimate of drug-likeness (QED) is 0.669. The maximum Gasteiger partial charge on any atom is 0.262 e. The van der Waals surface area contributed by atoms with Crippen LogP contribution >= 0.6 is 0 Å². The van der Waals surface area contributed by atoms with Gasteiger partial charge in [-0.25, -0.2) is 8.42 Å². The van der Waals surface area contributed by atoms with Gasteiger partial charge in [0, 0.05) is 24.8 Å². The van der Waals surface area contributed by atoms with Gasteiger partial charge in [-0.15, -0.1) is 0 Å². The Balaban J connectivity index is 1.99. The van der Waals surface area contributed by atoms with E-state index in [9.17, 15) is 22.8 Å². The molecule has 0 unspecified atom stereocenters. The van der Waals surface area contributed by atoms with E-state index in [1.807, 2.05) is 0 Å². The van der Waals surface area contributed by atoms with Crippen molar-refractivity contribution in [1.82, 2.24) is 9.88 Å². The van der Waals surface area contributed by atoms with E-state index >= 15 is 0 Å². The van der Waals surface area contributed by atoms with Crippen LogP contribution in [0.15, 0.2) is 34.0 Å². The number of carbonyl (C=O) groups is 2. The number of rotatable bonds is 4. The number of pyridine rings is 1. The number of amides is 2. The number of hydrogen-bond acceptors (Lipinski definition) is 7. The second-order valence-electron chi connectivity index (χ2n) is 8.42. The Morgan fingerprint density at radius 3 is 2.25 bits per heavy atom. The lowest BCUT2D eigenvalue weighted by Gasteiger charge is -2.25. The van der Waals surface area contributed by atoms with Gasteiger partial charge in [0.2, 0.25) is 0 Å². The predicted molar refractivity (Wildman–Crippen MR) is 121 cm³/mol. The average molecular weight is 459 g/mol. The number of aromatic nitrogens is 1. The van der Waals surface area contributed by atoms with Crippen LogP contribution in [0, 0.1) is 0 Å². The fraction of sp³-hybridized carbons (Fsp3) is 0.409. The van der Waals surface area contributed by atoms with Crippen LogP contribution in [-0.4, -0.2) is 43.1 Å². The molecule has 1 fully saturated rings. The van der Waals surface area contributed by atoms with Gasteiger partial charge in [-0.05, 0) is 44.9 Å². The first-order valence-electron chi connectivity index (χ1n) is 10.7. The van der Waals surface area contributed by atoms with Crippen molar-refractivity contribution >= 4 is 33.2 Å². The van der Waals surface area contributed by atoms with Crippen LogP contribution < -0.4 is 21.5 Å². The first-order chi connectivity index (χ1) is 15.1. The number of nitrogens with zero attached hydrogens (tertiary/aromatic N) is 2. The third-order valence-corrected chi connectivity index (χ3v) is 8.23. The molecule has 2 amide bonds. The second-order valence-corrected chi connectivity index (χ2v) is 10.9. The van der Waals surface area contributed by atoms with Crippen molar-refractivity contribution in [1.29, 1.82) is 0 Å². The van der Waals surface area contributed by atoms with E-state index < -0.39 is 32.5 Å². The number of nitrogen functional groups attached to an aromatic ring is 1.